The van der Waals surface area contributed by atoms with Crippen LogP contribution in [-0.2, 0) is 4.79 Å². The number of carbonyl (C=O) groups is 1. The fourth-order valence-electron chi connectivity index (χ4n) is 3.45. The smallest absolute Gasteiger partial charge is 0.328 e. The molecule has 3 heterocycles. The maximum atomic E-state index is 14.3. The normalized spacial score (nSPS) is 17.3. The summed E-state index contributed by atoms with van der Waals surface area (Å²) in [7, 11) is 0. The van der Waals surface area contributed by atoms with Crippen molar-refractivity contribution in [1.82, 2.24) is 14.6 Å². The summed E-state index contributed by atoms with van der Waals surface area (Å²) < 4.78 is 29.4. The molecule has 6 nitrogen and oxygen atoms in total. The van der Waals surface area contributed by atoms with E-state index in [-0.39, 0.29) is 6.04 Å². The third-order valence-electron chi connectivity index (χ3n) is 4.65. The Hall–Kier alpha value is -3.29. The second kappa shape index (κ2) is 6.79. The number of carboxylic acids is 1. The van der Waals surface area contributed by atoms with Crippen molar-refractivity contribution in [3.63, 3.8) is 0 Å². The second-order valence-electron chi connectivity index (χ2n) is 6.34. The van der Waals surface area contributed by atoms with Gasteiger partial charge in [-0.2, -0.15) is 5.10 Å². The fraction of sp³-hybridized carbons (Fsp3) is 0.211. The summed E-state index contributed by atoms with van der Waals surface area (Å²) in [4.78, 5) is 17.3. The summed E-state index contributed by atoms with van der Waals surface area (Å²) in [6, 6.07) is 4.94. The van der Waals surface area contributed by atoms with Crippen molar-refractivity contribution in [3.8, 4) is 0 Å². The molecular weight excluding hydrogens is 354 g/mol. The molecule has 1 aliphatic heterocycles. The third-order valence-corrected chi connectivity index (χ3v) is 4.65. The first kappa shape index (κ1) is 17.1. The molecule has 1 aromatic carbocycles. The standard InChI is InChI=1S/C19H16F2N4O2/c20-13-4-5-15(21)14(10-13)16-2-1-8-24(16)17-7-9-25-19(23-17)12(11-22-25)3-6-18(26)27/h3-7,9-11,16H,1-2,8H2,(H,26,27). The molecule has 2 aromatic heterocycles. The Morgan fingerprint density at radius 1 is 1.30 bits per heavy atom. The molecule has 138 valence electrons. The number of aliphatic carboxylic acids is 1. The zero-order valence-electron chi connectivity index (χ0n) is 14.2. The van der Waals surface area contributed by atoms with E-state index in [1.54, 1.807) is 16.8 Å². The van der Waals surface area contributed by atoms with E-state index in [2.05, 4.69) is 10.1 Å². The van der Waals surface area contributed by atoms with Gasteiger partial charge in [0.1, 0.15) is 17.5 Å². The van der Waals surface area contributed by atoms with E-state index in [0.717, 1.165) is 24.6 Å². The topological polar surface area (TPSA) is 70.7 Å². The first-order chi connectivity index (χ1) is 13.0. The quantitative estimate of drug-likeness (QED) is 0.713. The van der Waals surface area contributed by atoms with E-state index in [0.29, 0.717) is 35.6 Å². The van der Waals surface area contributed by atoms with Crippen LogP contribution < -0.4 is 4.90 Å². The van der Waals surface area contributed by atoms with Crippen molar-refractivity contribution in [2.24, 2.45) is 0 Å². The molecule has 0 spiro atoms. The Kier molecular flexibility index (Phi) is 4.31. The largest absolute Gasteiger partial charge is 0.478 e. The number of aromatic nitrogens is 3. The number of fused-ring (bicyclic) bond motifs is 1. The predicted molar refractivity (Wildman–Crippen MR) is 95.3 cm³/mol. The van der Waals surface area contributed by atoms with Gasteiger partial charge >= 0.3 is 5.97 Å². The van der Waals surface area contributed by atoms with Crippen molar-refractivity contribution in [3.05, 3.63) is 65.5 Å². The molecule has 0 aliphatic carbocycles. The average molecular weight is 370 g/mol. The van der Waals surface area contributed by atoms with Crippen LogP contribution in [0.15, 0.2) is 42.7 Å². The average Bonchev–Trinajstić information content (AvgIpc) is 3.28. The summed E-state index contributed by atoms with van der Waals surface area (Å²) in [6.07, 6.45) is 7.21. The van der Waals surface area contributed by atoms with Gasteiger partial charge in [-0.05, 0) is 43.2 Å². The summed E-state index contributed by atoms with van der Waals surface area (Å²) in [5.74, 6) is -1.37. The van der Waals surface area contributed by atoms with Gasteiger partial charge in [-0.3, -0.25) is 0 Å². The lowest BCUT2D eigenvalue weighted by Crippen LogP contribution is -2.24. The zero-order valence-corrected chi connectivity index (χ0v) is 14.2. The Bertz CT molecular complexity index is 1050. The lowest BCUT2D eigenvalue weighted by Gasteiger charge is -2.26. The highest BCUT2D eigenvalue weighted by Gasteiger charge is 2.29. The highest BCUT2D eigenvalue weighted by molar-refractivity contribution is 5.86. The van der Waals surface area contributed by atoms with Gasteiger partial charge in [0, 0.05) is 29.9 Å². The van der Waals surface area contributed by atoms with Crippen molar-refractivity contribution >= 4 is 23.5 Å². The molecule has 0 radical (unpaired) electrons. The van der Waals surface area contributed by atoms with Crippen LogP contribution in [0.2, 0.25) is 0 Å². The molecule has 1 aliphatic rings. The van der Waals surface area contributed by atoms with Crippen molar-refractivity contribution in [2.45, 2.75) is 18.9 Å². The van der Waals surface area contributed by atoms with Gasteiger partial charge in [0.25, 0.3) is 0 Å². The molecule has 8 heteroatoms. The number of hydrogen-bond acceptors (Lipinski definition) is 4. The van der Waals surface area contributed by atoms with E-state index in [9.17, 15) is 13.6 Å². The number of hydrogen-bond donors (Lipinski definition) is 1. The number of rotatable bonds is 4. The molecule has 4 rings (SSSR count). The van der Waals surface area contributed by atoms with Crippen LogP contribution in [0.1, 0.15) is 30.0 Å². The molecule has 27 heavy (non-hydrogen) atoms. The third kappa shape index (κ3) is 3.25. The zero-order chi connectivity index (χ0) is 19.0. The SMILES string of the molecule is O=C(O)C=Cc1cnn2ccc(N3CCCC3c3cc(F)ccc3F)nc12. The molecule has 0 bridgehead atoms. The lowest BCUT2D eigenvalue weighted by molar-refractivity contribution is -0.131. The molecule has 1 saturated heterocycles. The number of nitrogens with zero attached hydrogens (tertiary/aromatic N) is 4. The Labute approximate surface area is 153 Å². The summed E-state index contributed by atoms with van der Waals surface area (Å²) >= 11 is 0. The van der Waals surface area contributed by atoms with Crippen LogP contribution >= 0.6 is 0 Å². The van der Waals surface area contributed by atoms with Crippen LogP contribution in [0.4, 0.5) is 14.6 Å². The van der Waals surface area contributed by atoms with E-state index in [1.165, 1.54) is 18.3 Å². The minimum absolute atomic E-state index is 0.309. The minimum atomic E-state index is -1.06. The minimum Gasteiger partial charge on any atom is -0.478 e. The summed E-state index contributed by atoms with van der Waals surface area (Å²) in [5, 5.41) is 13.0. The van der Waals surface area contributed by atoms with Gasteiger partial charge < -0.3 is 10.0 Å². The van der Waals surface area contributed by atoms with Crippen LogP contribution in [0.5, 0.6) is 0 Å². The first-order valence-electron chi connectivity index (χ1n) is 8.50. The molecule has 1 fully saturated rings. The highest BCUT2D eigenvalue weighted by atomic mass is 19.1. The van der Waals surface area contributed by atoms with Crippen molar-refractivity contribution < 1.29 is 18.7 Å². The molecule has 0 saturated carbocycles. The van der Waals surface area contributed by atoms with Crippen LogP contribution in [0.25, 0.3) is 11.7 Å². The molecule has 1 unspecified atom stereocenters. The van der Waals surface area contributed by atoms with Gasteiger partial charge in [-0.15, -0.1) is 0 Å². The summed E-state index contributed by atoms with van der Waals surface area (Å²) in [6.45, 7) is 0.665. The number of halogens is 2. The van der Waals surface area contributed by atoms with Crippen LogP contribution in [0, 0.1) is 11.6 Å². The van der Waals surface area contributed by atoms with Crippen LogP contribution in [0.3, 0.4) is 0 Å². The molecule has 0 amide bonds. The second-order valence-corrected chi connectivity index (χ2v) is 6.34. The lowest BCUT2D eigenvalue weighted by atomic mass is 10.0. The fourth-order valence-corrected chi connectivity index (χ4v) is 3.45. The van der Waals surface area contributed by atoms with Gasteiger partial charge in [0.05, 0.1) is 12.2 Å². The van der Waals surface area contributed by atoms with Crippen molar-refractivity contribution in [1.29, 1.82) is 0 Å². The van der Waals surface area contributed by atoms with Crippen molar-refractivity contribution in [2.75, 3.05) is 11.4 Å². The Morgan fingerprint density at radius 2 is 2.15 bits per heavy atom. The van der Waals surface area contributed by atoms with E-state index >= 15 is 0 Å². The van der Waals surface area contributed by atoms with E-state index in [4.69, 9.17) is 5.11 Å². The molecular formula is C19H16F2N4O2. The number of benzene rings is 1. The number of anilines is 1. The summed E-state index contributed by atoms with van der Waals surface area (Å²) in [5.41, 5.74) is 1.37. The monoisotopic (exact) mass is 370 g/mol. The first-order valence-corrected chi connectivity index (χ1v) is 8.50. The maximum absolute atomic E-state index is 14.3. The number of carboxylic acid groups (broad SMARTS) is 1. The van der Waals surface area contributed by atoms with E-state index < -0.39 is 17.6 Å². The predicted octanol–water partition coefficient (Wildman–Crippen LogP) is 3.45. The highest BCUT2D eigenvalue weighted by Crippen LogP contribution is 2.36. The molecule has 3 aromatic rings. The van der Waals surface area contributed by atoms with E-state index in [1.807, 2.05) is 4.90 Å². The Morgan fingerprint density at radius 3 is 2.96 bits per heavy atom. The van der Waals surface area contributed by atoms with Gasteiger partial charge in [0.2, 0.25) is 0 Å². The Balaban J connectivity index is 1.73. The van der Waals surface area contributed by atoms with Gasteiger partial charge in [0.15, 0.2) is 5.65 Å². The molecule has 1 N–H and O–H groups in total. The van der Waals surface area contributed by atoms with Crippen LogP contribution in [-0.4, -0.2) is 32.2 Å². The van der Waals surface area contributed by atoms with Gasteiger partial charge in [-0.25, -0.2) is 23.1 Å². The maximum Gasteiger partial charge on any atom is 0.328 e. The molecule has 1 atom stereocenters. The van der Waals surface area contributed by atoms with Gasteiger partial charge in [-0.1, -0.05) is 0 Å².